The molecule has 0 aliphatic heterocycles. The lowest BCUT2D eigenvalue weighted by Crippen LogP contribution is -2.57. The van der Waals surface area contributed by atoms with Gasteiger partial charge in [-0.2, -0.15) is 0 Å². The van der Waals surface area contributed by atoms with Crippen molar-refractivity contribution < 1.29 is 57.5 Å². The van der Waals surface area contributed by atoms with Gasteiger partial charge in [-0.05, 0) is 50.5 Å². The number of carbonyl (C=O) groups excluding carboxylic acids is 12. The molecule has 6 atom stereocenters. The van der Waals surface area contributed by atoms with E-state index in [-0.39, 0.29) is 56.4 Å². The Hall–Kier alpha value is -6.74. The number of likely N-dealkylation sites (N-methyl/N-ethyl adjacent to an activating group) is 3. The lowest BCUT2D eigenvalue weighted by molar-refractivity contribution is -0.148. The van der Waals surface area contributed by atoms with E-state index in [2.05, 4.69) is 37.2 Å². The van der Waals surface area contributed by atoms with Crippen LogP contribution < -0.4 is 37.2 Å². The number of carbonyl (C=O) groups is 12. The lowest BCUT2D eigenvalue weighted by atomic mass is 9.92. The summed E-state index contributed by atoms with van der Waals surface area (Å²) >= 11 is 0. The molecule has 0 aliphatic carbocycles. The molecular weight excluding hydrogens is 945 g/mol. The van der Waals surface area contributed by atoms with E-state index in [9.17, 15) is 57.5 Å². The molecule has 0 fully saturated rings. The van der Waals surface area contributed by atoms with Gasteiger partial charge < -0.3 is 51.9 Å². The van der Waals surface area contributed by atoms with Gasteiger partial charge in [0.05, 0.1) is 38.8 Å². The number of ketones is 2. The minimum atomic E-state index is -1.20. The Morgan fingerprint density at radius 1 is 0.521 bits per heavy atom. The molecule has 1 rings (SSSR count). The van der Waals surface area contributed by atoms with Gasteiger partial charge in [-0.25, -0.2) is 0 Å². The topological polar surface area (TPSA) is 299 Å². The average molecular weight is 1030 g/mol. The highest BCUT2D eigenvalue weighted by molar-refractivity contribution is 5.98. The summed E-state index contributed by atoms with van der Waals surface area (Å²) in [6, 6.07) is 3.32. The minimum absolute atomic E-state index is 0.0229. The molecule has 0 aromatic heterocycles. The first kappa shape index (κ1) is 64.3. The molecule has 22 heteroatoms. The monoisotopic (exact) mass is 1030 g/mol. The first-order chi connectivity index (χ1) is 34.2. The second-order valence-electron chi connectivity index (χ2n) is 19.4. The molecule has 0 spiro atoms. The fourth-order valence-electron chi connectivity index (χ4n) is 7.37. The molecule has 0 unspecified atom stereocenters. The highest BCUT2D eigenvalue weighted by Gasteiger charge is 2.37. The van der Waals surface area contributed by atoms with E-state index in [0.29, 0.717) is 12.0 Å². The molecular formula is C51H82N10O12. The maximum Gasteiger partial charge on any atom is 0.245 e. The van der Waals surface area contributed by atoms with Gasteiger partial charge in [0.2, 0.25) is 59.1 Å². The summed E-state index contributed by atoms with van der Waals surface area (Å²) in [7, 11) is 4.22. The van der Waals surface area contributed by atoms with Crippen molar-refractivity contribution in [2.45, 2.75) is 144 Å². The van der Waals surface area contributed by atoms with E-state index in [1.165, 1.54) is 58.6 Å². The fourth-order valence-corrected chi connectivity index (χ4v) is 7.37. The number of nitrogens with one attached hydrogen (secondary N) is 7. The summed E-state index contributed by atoms with van der Waals surface area (Å²) < 4.78 is 0. The van der Waals surface area contributed by atoms with Gasteiger partial charge in [-0.3, -0.25) is 57.5 Å². The molecule has 1 aromatic carbocycles. The Balaban J connectivity index is 3.09. The number of unbranched alkanes of at least 4 members (excludes halogenated alkanes) is 2. The van der Waals surface area contributed by atoms with Crippen molar-refractivity contribution in [1.82, 2.24) is 51.9 Å². The summed E-state index contributed by atoms with van der Waals surface area (Å²) in [4.78, 5) is 159. The normalized spacial score (nSPS) is 13.4. The van der Waals surface area contributed by atoms with E-state index in [0.717, 1.165) is 24.2 Å². The summed E-state index contributed by atoms with van der Waals surface area (Å²) in [6.07, 6.45) is 3.06. The quantitative estimate of drug-likeness (QED) is 0.0464. The molecule has 73 heavy (non-hydrogen) atoms. The zero-order valence-electron chi connectivity index (χ0n) is 44.9. The smallest absolute Gasteiger partial charge is 0.245 e. The van der Waals surface area contributed by atoms with Gasteiger partial charge in [0.15, 0.2) is 11.6 Å². The van der Waals surface area contributed by atoms with E-state index in [4.69, 9.17) is 0 Å². The van der Waals surface area contributed by atoms with Crippen LogP contribution >= 0.6 is 0 Å². The molecule has 0 radical (unpaired) electrons. The van der Waals surface area contributed by atoms with Crippen molar-refractivity contribution in [3.8, 4) is 0 Å². The largest absolute Gasteiger partial charge is 0.347 e. The SMILES string of the molecule is CCCCCC(=O)CNC(=O)CNC(=O)CNC(=O)[C@H](C)N(C)C(=O)[C@H](Cc1ccccc1)NC(=O)[C@H](C)CC(=O)[C@H](CC(C)C)N(C)C(=O)[C@H](C)N(C)C(=O)[C@H](CC(C)C)NC(=O)CNC(=O)CNC(C)=O. The Bertz CT molecular complexity index is 2070. The molecule has 0 aliphatic rings. The van der Waals surface area contributed by atoms with Gasteiger partial charge in [-0.1, -0.05) is 84.7 Å². The van der Waals surface area contributed by atoms with Crippen molar-refractivity contribution >= 4 is 70.6 Å². The Morgan fingerprint density at radius 2 is 1.03 bits per heavy atom. The zero-order chi connectivity index (χ0) is 55.5. The number of hydrogen-bond donors (Lipinski definition) is 7. The van der Waals surface area contributed by atoms with Crippen molar-refractivity contribution in [2.75, 3.05) is 53.9 Å². The van der Waals surface area contributed by atoms with Crippen molar-refractivity contribution in [2.24, 2.45) is 17.8 Å². The number of rotatable bonds is 33. The fraction of sp³-hybridized carbons (Fsp3) is 0.647. The van der Waals surface area contributed by atoms with Crippen LogP contribution in [0.15, 0.2) is 30.3 Å². The Labute approximate surface area is 430 Å². The molecule has 0 bridgehead atoms. The van der Waals surface area contributed by atoms with Crippen LogP contribution in [0.1, 0.15) is 113 Å². The highest BCUT2D eigenvalue weighted by atomic mass is 16.2. The van der Waals surface area contributed by atoms with E-state index >= 15 is 0 Å². The van der Waals surface area contributed by atoms with E-state index in [1.807, 2.05) is 34.6 Å². The number of nitrogens with zero attached hydrogens (tertiary/aromatic N) is 3. The van der Waals surface area contributed by atoms with Crippen LogP contribution in [-0.2, 0) is 64.0 Å². The minimum Gasteiger partial charge on any atom is -0.347 e. The first-order valence-corrected chi connectivity index (χ1v) is 25.0. The standard InChI is InChI=1S/C51H82N10O12/c1-13-14-16-21-38(63)26-53-44(66)28-54-45(67)29-56-48(70)34(7)59(10)51(73)40(25-37-19-17-15-18-20-37)58-47(69)33(6)24-42(64)41(23-32(4)5)61(12)49(71)35(8)60(11)50(72)39(22-31(2)3)57-46(68)30-55-43(65)27-52-36(9)62/h15,17-20,31-35,39-41H,13-14,16,21-30H2,1-12H3,(H,52,62)(H,53,66)(H,54,67)(H,55,65)(H,56,70)(H,57,68)(H,58,69)/t33-,34+,35+,39+,40+,41+/m1/s1. The molecule has 408 valence electrons. The molecule has 0 heterocycles. The van der Waals surface area contributed by atoms with Crippen LogP contribution in [0.4, 0.5) is 0 Å². The third-order valence-corrected chi connectivity index (χ3v) is 12.0. The third kappa shape index (κ3) is 24.5. The number of benzene rings is 1. The second kappa shape index (κ2) is 33.1. The zero-order valence-corrected chi connectivity index (χ0v) is 44.9. The Kier molecular flexibility index (Phi) is 29.1. The second-order valence-corrected chi connectivity index (χ2v) is 19.4. The van der Waals surface area contributed by atoms with Crippen LogP contribution in [0.3, 0.4) is 0 Å². The van der Waals surface area contributed by atoms with Gasteiger partial charge in [0.25, 0.3) is 0 Å². The van der Waals surface area contributed by atoms with Gasteiger partial charge >= 0.3 is 0 Å². The van der Waals surface area contributed by atoms with Crippen LogP contribution in [0.2, 0.25) is 0 Å². The lowest BCUT2D eigenvalue weighted by Gasteiger charge is -2.35. The number of hydrogen-bond acceptors (Lipinski definition) is 12. The van der Waals surface area contributed by atoms with Crippen LogP contribution in [-0.4, -0.2) is 169 Å². The van der Waals surface area contributed by atoms with Gasteiger partial charge in [-0.15, -0.1) is 0 Å². The first-order valence-electron chi connectivity index (χ1n) is 25.0. The highest BCUT2D eigenvalue weighted by Crippen LogP contribution is 2.20. The maximum absolute atomic E-state index is 14.1. The summed E-state index contributed by atoms with van der Waals surface area (Å²) in [5.41, 5.74) is 0.688. The Morgan fingerprint density at radius 3 is 1.58 bits per heavy atom. The molecule has 10 amide bonds. The summed E-state index contributed by atoms with van der Waals surface area (Å²) in [6.45, 7) is 13.2. The molecule has 0 saturated carbocycles. The van der Waals surface area contributed by atoms with Crippen molar-refractivity contribution in [1.29, 1.82) is 0 Å². The van der Waals surface area contributed by atoms with Crippen LogP contribution in [0.25, 0.3) is 0 Å². The van der Waals surface area contributed by atoms with Gasteiger partial charge in [0.1, 0.15) is 24.2 Å². The summed E-state index contributed by atoms with van der Waals surface area (Å²) in [5.74, 6) is -7.79. The average Bonchev–Trinajstić information content (AvgIpc) is 3.34. The summed E-state index contributed by atoms with van der Waals surface area (Å²) in [5, 5.41) is 17.3. The van der Waals surface area contributed by atoms with Crippen molar-refractivity contribution in [3.05, 3.63) is 35.9 Å². The molecule has 7 N–H and O–H groups in total. The predicted octanol–water partition coefficient (Wildman–Crippen LogP) is 0.157. The number of amides is 10. The molecule has 22 nitrogen and oxygen atoms in total. The van der Waals surface area contributed by atoms with Crippen molar-refractivity contribution in [3.63, 3.8) is 0 Å². The van der Waals surface area contributed by atoms with E-state index in [1.54, 1.807) is 30.3 Å². The van der Waals surface area contributed by atoms with Gasteiger partial charge in [0, 0.05) is 53.2 Å². The van der Waals surface area contributed by atoms with Crippen LogP contribution in [0.5, 0.6) is 0 Å². The number of Topliss-reactive ketones (excluding diaryl/α,β-unsaturated/α-hetero) is 2. The molecule has 1 aromatic rings. The maximum atomic E-state index is 14.1. The third-order valence-electron chi connectivity index (χ3n) is 12.0. The van der Waals surface area contributed by atoms with E-state index < -0.39 is 121 Å². The predicted molar refractivity (Wildman–Crippen MR) is 273 cm³/mol. The molecule has 0 saturated heterocycles. The van der Waals surface area contributed by atoms with Crippen LogP contribution in [0, 0.1) is 17.8 Å².